The standard InChI is InChI=1S/C21H28O3/c1-6-7-16-9-11-19(24-13-23-5)18(12-16)20-17(14(2)3)10-8-15(4)21(20)22/h6,9,11-12,17,20,22H,1-2,7-8,10,13H2,3-5H3/t17-,20+/m0/s1. The van der Waals surface area contributed by atoms with Gasteiger partial charge in [0.05, 0.1) is 11.7 Å². The lowest BCUT2D eigenvalue weighted by molar-refractivity contribution is 0.0498. The van der Waals surface area contributed by atoms with Gasteiger partial charge in [0.2, 0.25) is 0 Å². The Morgan fingerprint density at radius 3 is 2.79 bits per heavy atom. The second-order valence-corrected chi connectivity index (χ2v) is 6.55. The minimum atomic E-state index is -0.118. The number of aliphatic hydroxyl groups excluding tert-OH is 1. The van der Waals surface area contributed by atoms with Gasteiger partial charge in [-0.3, -0.25) is 0 Å². The minimum Gasteiger partial charge on any atom is -0.512 e. The molecule has 0 saturated carbocycles. The number of methoxy groups -OCH3 is 1. The zero-order chi connectivity index (χ0) is 17.7. The highest BCUT2D eigenvalue weighted by molar-refractivity contribution is 5.46. The van der Waals surface area contributed by atoms with Gasteiger partial charge in [-0.25, -0.2) is 0 Å². The highest BCUT2D eigenvalue weighted by Crippen LogP contribution is 2.46. The van der Waals surface area contributed by atoms with Crippen LogP contribution in [0.3, 0.4) is 0 Å². The van der Waals surface area contributed by atoms with E-state index in [2.05, 4.69) is 19.2 Å². The molecule has 1 aromatic carbocycles. The van der Waals surface area contributed by atoms with Gasteiger partial charge in [0.15, 0.2) is 6.79 Å². The Balaban J connectivity index is 2.55. The zero-order valence-corrected chi connectivity index (χ0v) is 15.0. The number of hydrogen-bond acceptors (Lipinski definition) is 3. The average molecular weight is 328 g/mol. The summed E-state index contributed by atoms with van der Waals surface area (Å²) in [5.74, 6) is 1.29. The van der Waals surface area contributed by atoms with Crippen molar-refractivity contribution in [2.45, 2.75) is 39.0 Å². The van der Waals surface area contributed by atoms with Gasteiger partial charge >= 0.3 is 0 Å². The van der Waals surface area contributed by atoms with Gasteiger partial charge in [-0.05, 0) is 56.2 Å². The topological polar surface area (TPSA) is 38.7 Å². The summed E-state index contributed by atoms with van der Waals surface area (Å²) in [4.78, 5) is 0. The van der Waals surface area contributed by atoms with Gasteiger partial charge < -0.3 is 14.6 Å². The molecule has 0 bridgehead atoms. The summed E-state index contributed by atoms with van der Waals surface area (Å²) < 4.78 is 10.8. The fourth-order valence-corrected chi connectivity index (χ4v) is 3.41. The van der Waals surface area contributed by atoms with Gasteiger partial charge in [0, 0.05) is 12.7 Å². The van der Waals surface area contributed by atoms with Crippen LogP contribution in [-0.4, -0.2) is 19.0 Å². The second-order valence-electron chi connectivity index (χ2n) is 6.55. The summed E-state index contributed by atoms with van der Waals surface area (Å²) in [6, 6.07) is 6.10. The first-order chi connectivity index (χ1) is 11.5. The zero-order valence-electron chi connectivity index (χ0n) is 15.0. The van der Waals surface area contributed by atoms with Crippen molar-refractivity contribution in [2.75, 3.05) is 13.9 Å². The van der Waals surface area contributed by atoms with E-state index in [4.69, 9.17) is 9.47 Å². The third kappa shape index (κ3) is 3.90. The van der Waals surface area contributed by atoms with Crippen LogP contribution in [0.2, 0.25) is 0 Å². The number of benzene rings is 1. The smallest absolute Gasteiger partial charge is 0.188 e. The van der Waals surface area contributed by atoms with Crippen LogP contribution in [0, 0.1) is 5.92 Å². The number of allylic oxidation sites excluding steroid dienone is 4. The third-order valence-electron chi connectivity index (χ3n) is 4.72. The summed E-state index contributed by atoms with van der Waals surface area (Å²) in [5.41, 5.74) is 4.28. The molecule has 0 aliphatic heterocycles. The van der Waals surface area contributed by atoms with E-state index in [1.165, 1.54) is 0 Å². The number of aliphatic hydroxyl groups is 1. The first-order valence-electron chi connectivity index (χ1n) is 8.39. The van der Waals surface area contributed by atoms with Crippen molar-refractivity contribution in [1.82, 2.24) is 0 Å². The molecule has 1 aliphatic rings. The van der Waals surface area contributed by atoms with Crippen LogP contribution in [-0.2, 0) is 11.2 Å². The molecular weight excluding hydrogens is 300 g/mol. The Labute approximate surface area is 145 Å². The third-order valence-corrected chi connectivity index (χ3v) is 4.72. The lowest BCUT2D eigenvalue weighted by Crippen LogP contribution is -2.22. The fourth-order valence-electron chi connectivity index (χ4n) is 3.41. The van der Waals surface area contributed by atoms with Gasteiger partial charge in [-0.2, -0.15) is 0 Å². The predicted molar refractivity (Wildman–Crippen MR) is 98.5 cm³/mol. The van der Waals surface area contributed by atoms with Crippen molar-refractivity contribution in [3.05, 3.63) is 65.5 Å². The Morgan fingerprint density at radius 2 is 2.17 bits per heavy atom. The van der Waals surface area contributed by atoms with E-state index in [0.717, 1.165) is 47.3 Å². The molecule has 24 heavy (non-hydrogen) atoms. The second kappa shape index (κ2) is 8.20. The average Bonchev–Trinajstić information content (AvgIpc) is 2.56. The van der Waals surface area contributed by atoms with E-state index in [9.17, 15) is 5.11 Å². The molecule has 2 rings (SSSR count). The molecule has 0 radical (unpaired) electrons. The van der Waals surface area contributed by atoms with Gasteiger partial charge in [-0.15, -0.1) is 6.58 Å². The predicted octanol–water partition coefficient (Wildman–Crippen LogP) is 5.30. The summed E-state index contributed by atoms with van der Waals surface area (Å²) in [6.07, 6.45) is 4.56. The Hall–Kier alpha value is -2.00. The maximum Gasteiger partial charge on any atom is 0.188 e. The molecule has 0 unspecified atom stereocenters. The van der Waals surface area contributed by atoms with E-state index in [0.29, 0.717) is 5.76 Å². The lowest BCUT2D eigenvalue weighted by atomic mass is 9.72. The molecule has 0 amide bonds. The van der Waals surface area contributed by atoms with Crippen LogP contribution in [0.1, 0.15) is 43.7 Å². The summed E-state index contributed by atoms with van der Waals surface area (Å²) in [5, 5.41) is 10.8. The lowest BCUT2D eigenvalue weighted by Gasteiger charge is -2.34. The molecule has 130 valence electrons. The van der Waals surface area contributed by atoms with E-state index < -0.39 is 0 Å². The molecule has 1 aromatic rings. The van der Waals surface area contributed by atoms with Gasteiger partial charge in [-0.1, -0.05) is 30.4 Å². The Bertz CT molecular complexity index is 642. The SMILES string of the molecule is C=CCc1ccc(OCOC)c([C@@H]2C(O)=C(C)CC[C@H]2C(=C)C)c1. The highest BCUT2D eigenvalue weighted by Gasteiger charge is 2.34. The largest absolute Gasteiger partial charge is 0.512 e. The normalized spacial score (nSPS) is 20.8. The van der Waals surface area contributed by atoms with Crippen LogP contribution in [0.15, 0.2) is 54.3 Å². The van der Waals surface area contributed by atoms with E-state index in [1.807, 2.05) is 32.1 Å². The van der Waals surface area contributed by atoms with Crippen LogP contribution in [0.4, 0.5) is 0 Å². The van der Waals surface area contributed by atoms with E-state index >= 15 is 0 Å². The van der Waals surface area contributed by atoms with Gasteiger partial charge in [0.25, 0.3) is 0 Å². The van der Waals surface area contributed by atoms with Gasteiger partial charge in [0.1, 0.15) is 5.75 Å². The number of rotatable bonds is 7. The van der Waals surface area contributed by atoms with E-state index in [-0.39, 0.29) is 18.6 Å². The quantitative estimate of drug-likeness (QED) is 0.545. The molecule has 1 N–H and O–H groups in total. The molecule has 3 nitrogen and oxygen atoms in total. The van der Waals surface area contributed by atoms with Crippen molar-refractivity contribution in [2.24, 2.45) is 5.92 Å². The maximum absolute atomic E-state index is 10.8. The summed E-state index contributed by atoms with van der Waals surface area (Å²) >= 11 is 0. The highest BCUT2D eigenvalue weighted by atomic mass is 16.7. The molecule has 0 saturated heterocycles. The summed E-state index contributed by atoms with van der Waals surface area (Å²) in [7, 11) is 1.60. The molecule has 1 aliphatic carbocycles. The number of hydrogen-bond donors (Lipinski definition) is 1. The number of ether oxygens (including phenoxy) is 2. The fraction of sp³-hybridized carbons (Fsp3) is 0.429. The van der Waals surface area contributed by atoms with Crippen molar-refractivity contribution >= 4 is 0 Å². The Morgan fingerprint density at radius 1 is 1.42 bits per heavy atom. The van der Waals surface area contributed by atoms with Crippen molar-refractivity contribution in [3.63, 3.8) is 0 Å². The first-order valence-corrected chi connectivity index (χ1v) is 8.39. The molecular formula is C21H28O3. The van der Waals surface area contributed by atoms with E-state index in [1.54, 1.807) is 7.11 Å². The molecule has 0 fully saturated rings. The molecule has 2 atom stereocenters. The van der Waals surface area contributed by atoms with Crippen molar-refractivity contribution in [3.8, 4) is 5.75 Å². The molecule has 0 aromatic heterocycles. The Kier molecular flexibility index (Phi) is 6.27. The first kappa shape index (κ1) is 18.3. The summed E-state index contributed by atoms with van der Waals surface area (Å²) in [6.45, 7) is 12.2. The maximum atomic E-state index is 10.8. The van der Waals surface area contributed by atoms with Crippen LogP contribution < -0.4 is 4.74 Å². The van der Waals surface area contributed by atoms with Crippen LogP contribution >= 0.6 is 0 Å². The molecule has 0 spiro atoms. The van der Waals surface area contributed by atoms with Crippen LogP contribution in [0.5, 0.6) is 5.75 Å². The van der Waals surface area contributed by atoms with Crippen molar-refractivity contribution in [1.29, 1.82) is 0 Å². The molecule has 3 heteroatoms. The van der Waals surface area contributed by atoms with Crippen LogP contribution in [0.25, 0.3) is 0 Å². The molecule has 0 heterocycles. The van der Waals surface area contributed by atoms with Crippen molar-refractivity contribution < 1.29 is 14.6 Å². The minimum absolute atomic E-state index is 0.118. The monoisotopic (exact) mass is 328 g/mol.